The van der Waals surface area contributed by atoms with Crippen LogP contribution in [0.1, 0.15) is 30.4 Å². The minimum Gasteiger partial charge on any atom is -0.350 e. The number of rotatable bonds is 9. The van der Waals surface area contributed by atoms with Gasteiger partial charge in [-0.25, -0.2) is 12.8 Å². The number of likely N-dealkylation sites (tertiary alicyclic amines) is 1. The van der Waals surface area contributed by atoms with Gasteiger partial charge in [-0.3, -0.25) is 14.0 Å². The number of nitrogens with zero attached hydrogens (tertiary/aromatic N) is 2. The second kappa shape index (κ2) is 11.5. The van der Waals surface area contributed by atoms with Crippen LogP contribution in [0.4, 0.5) is 10.1 Å². The Labute approximate surface area is 206 Å². The lowest BCUT2D eigenvalue weighted by Gasteiger charge is -2.27. The average molecular weight is 496 g/mol. The first-order valence-corrected chi connectivity index (χ1v) is 13.3. The topological polar surface area (TPSA) is 69.7 Å². The van der Waals surface area contributed by atoms with Crippen molar-refractivity contribution in [3.8, 4) is 0 Å². The van der Waals surface area contributed by atoms with E-state index in [4.69, 9.17) is 0 Å². The van der Waals surface area contributed by atoms with Gasteiger partial charge < -0.3 is 5.32 Å². The Balaban J connectivity index is 1.48. The largest absolute Gasteiger partial charge is 0.350 e. The summed E-state index contributed by atoms with van der Waals surface area (Å²) >= 11 is 0. The maximum absolute atomic E-state index is 13.4. The van der Waals surface area contributed by atoms with Gasteiger partial charge in [0, 0.05) is 13.1 Å². The van der Waals surface area contributed by atoms with Gasteiger partial charge in [0.05, 0.1) is 10.6 Å². The van der Waals surface area contributed by atoms with E-state index in [1.807, 2.05) is 18.2 Å². The molecule has 4 rings (SSSR count). The number of para-hydroxylation sites is 1. The quantitative estimate of drug-likeness (QED) is 0.480. The molecular formula is C27H30FN3O3S. The van der Waals surface area contributed by atoms with E-state index in [0.717, 1.165) is 47.2 Å². The van der Waals surface area contributed by atoms with Crippen LogP contribution in [0.3, 0.4) is 0 Å². The number of carbonyl (C=O) groups is 1. The summed E-state index contributed by atoms with van der Waals surface area (Å²) in [5.74, 6) is -0.955. The molecule has 1 N–H and O–H groups in total. The van der Waals surface area contributed by atoms with Crippen LogP contribution >= 0.6 is 0 Å². The standard InChI is InChI=1S/C27H30FN3O3S/c28-24-13-15-26(16-14-24)35(33,34)31(25-11-3-1-4-12-25)21-27(32)29-19-22-9-5-6-10-23(22)20-30-17-7-2-8-18-30/h1,3-6,9-16H,2,7-8,17-21H2,(H,29,32). The molecule has 0 atom stereocenters. The normalized spacial score (nSPS) is 14.4. The predicted molar refractivity (Wildman–Crippen MR) is 135 cm³/mol. The maximum Gasteiger partial charge on any atom is 0.264 e. The molecule has 8 heteroatoms. The SMILES string of the molecule is O=C(CN(c1ccccc1)S(=O)(=O)c1ccc(F)cc1)NCc1ccccc1CN1CCCCC1. The second-order valence-corrected chi connectivity index (χ2v) is 10.5. The highest BCUT2D eigenvalue weighted by Crippen LogP contribution is 2.23. The number of carbonyl (C=O) groups excluding carboxylic acids is 1. The molecule has 35 heavy (non-hydrogen) atoms. The lowest BCUT2D eigenvalue weighted by molar-refractivity contribution is -0.119. The Kier molecular flexibility index (Phi) is 8.15. The van der Waals surface area contributed by atoms with E-state index in [1.54, 1.807) is 30.3 Å². The Morgan fingerprint density at radius 3 is 2.17 bits per heavy atom. The van der Waals surface area contributed by atoms with Crippen molar-refractivity contribution in [1.29, 1.82) is 0 Å². The summed E-state index contributed by atoms with van der Waals surface area (Å²) in [4.78, 5) is 15.3. The molecule has 184 valence electrons. The first kappa shape index (κ1) is 24.9. The number of piperidine rings is 1. The van der Waals surface area contributed by atoms with E-state index in [9.17, 15) is 17.6 Å². The molecule has 3 aromatic carbocycles. The zero-order valence-corrected chi connectivity index (χ0v) is 20.4. The average Bonchev–Trinajstić information content (AvgIpc) is 2.88. The zero-order valence-electron chi connectivity index (χ0n) is 19.6. The van der Waals surface area contributed by atoms with Crippen LogP contribution in [-0.2, 0) is 27.9 Å². The van der Waals surface area contributed by atoms with Gasteiger partial charge >= 0.3 is 0 Å². The van der Waals surface area contributed by atoms with Crippen molar-refractivity contribution in [2.24, 2.45) is 0 Å². The van der Waals surface area contributed by atoms with Crippen molar-refractivity contribution in [2.75, 3.05) is 23.9 Å². The third kappa shape index (κ3) is 6.46. The molecule has 0 aromatic heterocycles. The monoisotopic (exact) mass is 495 g/mol. The van der Waals surface area contributed by atoms with Crippen molar-refractivity contribution in [3.63, 3.8) is 0 Å². The Morgan fingerprint density at radius 1 is 0.857 bits per heavy atom. The van der Waals surface area contributed by atoms with Crippen LogP contribution in [0, 0.1) is 5.82 Å². The van der Waals surface area contributed by atoms with Gasteiger partial charge in [-0.05, 0) is 73.5 Å². The Hall–Kier alpha value is -3.23. The van der Waals surface area contributed by atoms with Crippen LogP contribution in [0.25, 0.3) is 0 Å². The first-order valence-electron chi connectivity index (χ1n) is 11.8. The number of nitrogens with one attached hydrogen (secondary N) is 1. The number of benzene rings is 3. The van der Waals surface area contributed by atoms with Crippen molar-refractivity contribution >= 4 is 21.6 Å². The van der Waals surface area contributed by atoms with E-state index in [-0.39, 0.29) is 4.90 Å². The second-order valence-electron chi connectivity index (χ2n) is 8.68. The summed E-state index contributed by atoms with van der Waals surface area (Å²) in [6.07, 6.45) is 3.68. The summed E-state index contributed by atoms with van der Waals surface area (Å²) in [5, 5.41) is 2.89. The van der Waals surface area contributed by atoms with E-state index in [2.05, 4.69) is 16.3 Å². The van der Waals surface area contributed by atoms with Crippen LogP contribution in [0.15, 0.2) is 83.8 Å². The number of anilines is 1. The van der Waals surface area contributed by atoms with Gasteiger partial charge in [0.2, 0.25) is 5.91 Å². The molecule has 0 bridgehead atoms. The fourth-order valence-electron chi connectivity index (χ4n) is 4.27. The van der Waals surface area contributed by atoms with Crippen LogP contribution in [0.2, 0.25) is 0 Å². The van der Waals surface area contributed by atoms with Gasteiger partial charge in [-0.15, -0.1) is 0 Å². The number of sulfonamides is 1. The molecule has 0 aliphatic carbocycles. The molecule has 1 aliphatic rings. The molecule has 1 heterocycles. The molecule has 6 nitrogen and oxygen atoms in total. The summed E-state index contributed by atoms with van der Waals surface area (Å²) < 4.78 is 41.1. The van der Waals surface area contributed by atoms with Crippen LogP contribution in [-0.4, -0.2) is 38.9 Å². The lowest BCUT2D eigenvalue weighted by atomic mass is 10.0. The molecule has 1 amide bonds. The summed E-state index contributed by atoms with van der Waals surface area (Å²) in [7, 11) is -4.08. The smallest absolute Gasteiger partial charge is 0.264 e. The number of halogens is 1. The Morgan fingerprint density at radius 2 is 1.49 bits per heavy atom. The number of hydrogen-bond donors (Lipinski definition) is 1. The van der Waals surface area contributed by atoms with Gasteiger partial charge in [-0.2, -0.15) is 0 Å². The molecule has 1 aliphatic heterocycles. The summed E-state index contributed by atoms with van der Waals surface area (Å²) in [6.45, 7) is 2.91. The van der Waals surface area contributed by atoms with Gasteiger partial charge in [0.25, 0.3) is 10.0 Å². The third-order valence-corrected chi connectivity index (χ3v) is 7.96. The molecule has 3 aromatic rings. The molecular weight excluding hydrogens is 465 g/mol. The minimum atomic E-state index is -4.08. The molecule has 0 spiro atoms. The fourth-order valence-corrected chi connectivity index (χ4v) is 5.69. The van der Waals surface area contributed by atoms with Crippen LogP contribution < -0.4 is 9.62 Å². The predicted octanol–water partition coefficient (Wildman–Crippen LogP) is 4.32. The minimum absolute atomic E-state index is 0.0811. The first-order chi connectivity index (χ1) is 16.9. The van der Waals surface area contributed by atoms with E-state index in [0.29, 0.717) is 12.2 Å². The number of hydrogen-bond acceptors (Lipinski definition) is 4. The highest BCUT2D eigenvalue weighted by molar-refractivity contribution is 7.92. The molecule has 0 unspecified atom stereocenters. The van der Waals surface area contributed by atoms with Gasteiger partial charge in [0.15, 0.2) is 0 Å². The van der Waals surface area contributed by atoms with Crippen LogP contribution in [0.5, 0.6) is 0 Å². The van der Waals surface area contributed by atoms with Crippen molar-refractivity contribution in [2.45, 2.75) is 37.2 Å². The third-order valence-electron chi connectivity index (χ3n) is 6.17. The van der Waals surface area contributed by atoms with E-state index < -0.39 is 28.3 Å². The molecule has 0 radical (unpaired) electrons. The van der Waals surface area contributed by atoms with Crippen molar-refractivity contribution in [1.82, 2.24) is 10.2 Å². The van der Waals surface area contributed by atoms with E-state index >= 15 is 0 Å². The van der Waals surface area contributed by atoms with Gasteiger partial charge in [-0.1, -0.05) is 48.9 Å². The van der Waals surface area contributed by atoms with Crippen molar-refractivity contribution < 1.29 is 17.6 Å². The zero-order chi connectivity index (χ0) is 24.7. The van der Waals surface area contributed by atoms with Gasteiger partial charge in [0.1, 0.15) is 12.4 Å². The molecule has 1 fully saturated rings. The summed E-state index contributed by atoms with van der Waals surface area (Å²) in [5.41, 5.74) is 2.53. The Bertz CT molecular complexity index is 1230. The maximum atomic E-state index is 13.4. The van der Waals surface area contributed by atoms with E-state index in [1.165, 1.54) is 31.4 Å². The molecule has 0 saturated carbocycles. The highest BCUT2D eigenvalue weighted by Gasteiger charge is 2.27. The van der Waals surface area contributed by atoms with Crippen molar-refractivity contribution in [3.05, 3.63) is 95.8 Å². The number of amides is 1. The molecule has 1 saturated heterocycles. The lowest BCUT2D eigenvalue weighted by Crippen LogP contribution is -2.40. The highest BCUT2D eigenvalue weighted by atomic mass is 32.2. The summed E-state index contributed by atoms with van der Waals surface area (Å²) in [6, 6.07) is 21.0. The fraction of sp³-hybridized carbons (Fsp3) is 0.296.